The quantitative estimate of drug-likeness (QED) is 0.395. The SMILES string of the molecule is COc1cc(C=C2C(=O)NN(c3cc(Cl)ccc3OC)C2=O)ccc1OCc1ccccc1F. The molecule has 2 amide bonds. The first-order valence-electron chi connectivity index (χ1n) is 10.2. The maximum Gasteiger partial charge on any atom is 0.282 e. The number of nitrogens with one attached hydrogen (secondary N) is 1. The van der Waals surface area contributed by atoms with Gasteiger partial charge < -0.3 is 14.2 Å². The first-order valence-corrected chi connectivity index (χ1v) is 10.5. The van der Waals surface area contributed by atoms with E-state index < -0.39 is 11.8 Å². The molecule has 1 aliphatic rings. The smallest absolute Gasteiger partial charge is 0.282 e. The molecular formula is C25H20ClFN2O5. The molecule has 1 heterocycles. The van der Waals surface area contributed by atoms with E-state index in [1.165, 1.54) is 32.4 Å². The zero-order valence-electron chi connectivity index (χ0n) is 18.3. The number of hydrogen-bond donors (Lipinski definition) is 1. The second kappa shape index (κ2) is 9.84. The molecule has 9 heteroatoms. The molecule has 0 aromatic heterocycles. The van der Waals surface area contributed by atoms with Gasteiger partial charge in [-0.25, -0.2) is 9.40 Å². The molecule has 3 aromatic rings. The molecule has 0 aliphatic carbocycles. The standard InChI is InChI=1S/C25H20ClFN2O5/c1-32-21-10-8-17(26)13-20(21)29-25(31)18(24(30)28-29)11-15-7-9-22(23(12-15)33-2)34-14-16-5-3-4-6-19(16)27/h3-13H,14H2,1-2H3,(H,28,30). The van der Waals surface area contributed by atoms with Crippen LogP contribution in [0.4, 0.5) is 10.1 Å². The van der Waals surface area contributed by atoms with E-state index in [-0.39, 0.29) is 18.0 Å². The van der Waals surface area contributed by atoms with E-state index in [0.717, 1.165) is 5.01 Å². The lowest BCUT2D eigenvalue weighted by molar-refractivity contribution is -0.117. The summed E-state index contributed by atoms with van der Waals surface area (Å²) in [6.07, 6.45) is 1.44. The van der Waals surface area contributed by atoms with E-state index in [4.69, 9.17) is 25.8 Å². The third-order valence-electron chi connectivity index (χ3n) is 5.11. The van der Waals surface area contributed by atoms with Gasteiger partial charge in [0.05, 0.1) is 14.2 Å². The number of rotatable bonds is 7. The Hall–Kier alpha value is -4.04. The van der Waals surface area contributed by atoms with Crippen LogP contribution >= 0.6 is 11.6 Å². The number of hydrogen-bond acceptors (Lipinski definition) is 5. The van der Waals surface area contributed by atoms with Gasteiger partial charge in [0, 0.05) is 10.6 Å². The molecule has 34 heavy (non-hydrogen) atoms. The van der Waals surface area contributed by atoms with E-state index in [1.54, 1.807) is 48.5 Å². The van der Waals surface area contributed by atoms with Crippen molar-refractivity contribution in [1.82, 2.24) is 5.43 Å². The third kappa shape index (κ3) is 4.67. The van der Waals surface area contributed by atoms with Crippen LogP contribution in [0.2, 0.25) is 5.02 Å². The Balaban J connectivity index is 1.58. The maximum absolute atomic E-state index is 13.9. The predicted octanol–water partition coefficient (Wildman–Crippen LogP) is 4.54. The van der Waals surface area contributed by atoms with Gasteiger partial charge in [-0.1, -0.05) is 35.9 Å². The van der Waals surface area contributed by atoms with E-state index in [9.17, 15) is 14.0 Å². The molecule has 0 radical (unpaired) electrons. The number of amides is 2. The molecule has 1 saturated heterocycles. The average molecular weight is 483 g/mol. The first kappa shape index (κ1) is 23.1. The van der Waals surface area contributed by atoms with Gasteiger partial charge in [0.25, 0.3) is 11.8 Å². The van der Waals surface area contributed by atoms with Crippen molar-refractivity contribution in [1.29, 1.82) is 0 Å². The molecule has 174 valence electrons. The van der Waals surface area contributed by atoms with Crippen LogP contribution in [0.15, 0.2) is 66.2 Å². The lowest BCUT2D eigenvalue weighted by Gasteiger charge is -2.18. The number of hydrazine groups is 1. The van der Waals surface area contributed by atoms with Crippen LogP contribution in [0.5, 0.6) is 17.2 Å². The average Bonchev–Trinajstić information content (AvgIpc) is 3.12. The van der Waals surface area contributed by atoms with Crippen molar-refractivity contribution in [2.75, 3.05) is 19.2 Å². The molecule has 0 unspecified atom stereocenters. The van der Waals surface area contributed by atoms with E-state index in [2.05, 4.69) is 5.43 Å². The highest BCUT2D eigenvalue weighted by molar-refractivity contribution is 6.33. The number of nitrogens with zero attached hydrogens (tertiary/aromatic N) is 1. The topological polar surface area (TPSA) is 77.1 Å². The van der Waals surface area contributed by atoms with Crippen molar-refractivity contribution in [2.24, 2.45) is 0 Å². The van der Waals surface area contributed by atoms with Crippen LogP contribution in [0.1, 0.15) is 11.1 Å². The van der Waals surface area contributed by atoms with Crippen LogP contribution < -0.4 is 24.6 Å². The number of methoxy groups -OCH3 is 2. The van der Waals surface area contributed by atoms with E-state index in [1.807, 2.05) is 0 Å². The van der Waals surface area contributed by atoms with Gasteiger partial charge in [-0.05, 0) is 48.0 Å². The predicted molar refractivity (Wildman–Crippen MR) is 125 cm³/mol. The minimum Gasteiger partial charge on any atom is -0.494 e. The van der Waals surface area contributed by atoms with Crippen LogP contribution in [-0.4, -0.2) is 26.0 Å². The van der Waals surface area contributed by atoms with Gasteiger partial charge in [0.2, 0.25) is 0 Å². The van der Waals surface area contributed by atoms with Gasteiger partial charge in [-0.15, -0.1) is 0 Å². The minimum absolute atomic E-state index is 0.0147. The van der Waals surface area contributed by atoms with Gasteiger partial charge in [0.1, 0.15) is 29.4 Å². The van der Waals surface area contributed by atoms with Crippen LogP contribution in [0.25, 0.3) is 6.08 Å². The number of carbonyl (C=O) groups excluding carboxylic acids is 2. The first-order chi connectivity index (χ1) is 16.4. The minimum atomic E-state index is -0.578. The molecule has 0 saturated carbocycles. The third-order valence-corrected chi connectivity index (χ3v) is 5.35. The molecule has 7 nitrogen and oxygen atoms in total. The second-order valence-electron chi connectivity index (χ2n) is 7.25. The van der Waals surface area contributed by atoms with Crippen molar-refractivity contribution >= 4 is 35.2 Å². The zero-order chi connectivity index (χ0) is 24.2. The number of carbonyl (C=O) groups is 2. The lowest BCUT2D eigenvalue weighted by Crippen LogP contribution is -2.36. The molecule has 1 fully saturated rings. The number of halogens is 2. The maximum atomic E-state index is 13.9. The fourth-order valence-electron chi connectivity index (χ4n) is 3.40. The molecule has 0 bridgehead atoms. The van der Waals surface area contributed by atoms with Crippen LogP contribution in [0, 0.1) is 5.82 Å². The normalized spacial score (nSPS) is 14.4. The summed E-state index contributed by atoms with van der Waals surface area (Å²) >= 11 is 6.06. The molecule has 0 atom stereocenters. The Morgan fingerprint density at radius 2 is 1.71 bits per heavy atom. The van der Waals surface area contributed by atoms with Crippen molar-refractivity contribution < 1.29 is 28.2 Å². The van der Waals surface area contributed by atoms with E-state index >= 15 is 0 Å². The Labute approximate surface area is 200 Å². The van der Waals surface area contributed by atoms with Crippen LogP contribution in [-0.2, 0) is 16.2 Å². The summed E-state index contributed by atoms with van der Waals surface area (Å²) < 4.78 is 30.2. The molecular weight excluding hydrogens is 463 g/mol. The summed E-state index contributed by atoms with van der Waals surface area (Å²) in [5.74, 6) is -0.382. The monoisotopic (exact) mass is 482 g/mol. The summed E-state index contributed by atoms with van der Waals surface area (Å²) in [6, 6.07) is 16.0. The number of ether oxygens (including phenoxy) is 3. The zero-order valence-corrected chi connectivity index (χ0v) is 19.1. The summed E-state index contributed by atoms with van der Waals surface area (Å²) in [6.45, 7) is 0.0147. The van der Waals surface area contributed by atoms with Crippen LogP contribution in [0.3, 0.4) is 0 Å². The summed E-state index contributed by atoms with van der Waals surface area (Å²) in [7, 11) is 2.91. The molecule has 1 aliphatic heterocycles. The lowest BCUT2D eigenvalue weighted by atomic mass is 10.1. The Morgan fingerprint density at radius 1 is 0.971 bits per heavy atom. The fourth-order valence-corrected chi connectivity index (χ4v) is 3.56. The molecule has 4 rings (SSSR count). The van der Waals surface area contributed by atoms with Crippen molar-refractivity contribution in [3.05, 3.63) is 88.2 Å². The fraction of sp³-hybridized carbons (Fsp3) is 0.120. The van der Waals surface area contributed by atoms with Gasteiger partial charge >= 0.3 is 0 Å². The highest BCUT2D eigenvalue weighted by Gasteiger charge is 2.36. The largest absolute Gasteiger partial charge is 0.494 e. The van der Waals surface area contributed by atoms with Crippen molar-refractivity contribution in [3.8, 4) is 17.2 Å². The van der Waals surface area contributed by atoms with Crippen molar-refractivity contribution in [2.45, 2.75) is 6.61 Å². The number of benzene rings is 3. The Morgan fingerprint density at radius 3 is 2.44 bits per heavy atom. The van der Waals surface area contributed by atoms with Gasteiger partial charge in [-0.3, -0.25) is 15.0 Å². The summed E-state index contributed by atoms with van der Waals surface area (Å²) in [5, 5.41) is 1.47. The highest BCUT2D eigenvalue weighted by Crippen LogP contribution is 2.34. The molecule has 1 N–H and O–H groups in total. The summed E-state index contributed by atoms with van der Waals surface area (Å²) in [5.41, 5.74) is 3.69. The van der Waals surface area contributed by atoms with E-state index in [0.29, 0.717) is 39.1 Å². The second-order valence-corrected chi connectivity index (χ2v) is 7.68. The Bertz CT molecular complexity index is 1290. The highest BCUT2D eigenvalue weighted by atomic mass is 35.5. The van der Waals surface area contributed by atoms with Gasteiger partial charge in [0.15, 0.2) is 11.5 Å². The van der Waals surface area contributed by atoms with Gasteiger partial charge in [-0.2, -0.15) is 0 Å². The number of anilines is 1. The Kier molecular flexibility index (Phi) is 6.70. The molecule has 0 spiro atoms. The molecule has 3 aromatic carbocycles. The van der Waals surface area contributed by atoms with Crippen molar-refractivity contribution in [3.63, 3.8) is 0 Å². The summed E-state index contributed by atoms with van der Waals surface area (Å²) in [4.78, 5) is 25.6.